The van der Waals surface area contributed by atoms with Crippen molar-refractivity contribution in [2.75, 3.05) is 4.90 Å². The van der Waals surface area contributed by atoms with Crippen molar-refractivity contribution >= 4 is 38.6 Å². The van der Waals surface area contributed by atoms with Crippen LogP contribution >= 0.6 is 0 Å². The molecule has 0 amide bonds. The molecule has 0 saturated heterocycles. The summed E-state index contributed by atoms with van der Waals surface area (Å²) in [5.74, 6) is 0. The first-order valence-corrected chi connectivity index (χ1v) is 25.7. The Morgan fingerprint density at radius 2 is 0.764 bits per heavy atom. The molecular formula is C71H57N. The molecule has 0 unspecified atom stereocenters. The van der Waals surface area contributed by atoms with Gasteiger partial charge in [-0.3, -0.25) is 0 Å². The minimum atomic E-state index is -0.579. The number of hydrogen-bond acceptors (Lipinski definition) is 1. The highest BCUT2D eigenvalue weighted by atomic mass is 15.1. The average Bonchev–Trinajstić information content (AvgIpc) is 3.72. The largest absolute Gasteiger partial charge is 0.310 e. The van der Waals surface area contributed by atoms with Crippen LogP contribution < -0.4 is 4.90 Å². The van der Waals surface area contributed by atoms with Crippen LogP contribution in [0.15, 0.2) is 249 Å². The van der Waals surface area contributed by atoms with Gasteiger partial charge in [0.25, 0.3) is 0 Å². The predicted molar refractivity (Wildman–Crippen MR) is 305 cm³/mol. The molecule has 0 atom stereocenters. The normalized spacial score (nSPS) is 14.9. The highest BCUT2D eigenvalue weighted by Gasteiger charge is 2.47. The summed E-state index contributed by atoms with van der Waals surface area (Å²) in [7, 11) is 0. The predicted octanol–water partition coefficient (Wildman–Crippen LogP) is 19.2. The zero-order chi connectivity index (χ0) is 48.6. The Morgan fingerprint density at radius 3 is 1.33 bits per heavy atom. The maximum Gasteiger partial charge on any atom is 0.0714 e. The lowest BCUT2D eigenvalue weighted by Gasteiger charge is -2.43. The summed E-state index contributed by atoms with van der Waals surface area (Å²) in [5, 5.41) is 4.99. The van der Waals surface area contributed by atoms with Crippen molar-refractivity contribution in [1.82, 2.24) is 0 Å². The van der Waals surface area contributed by atoms with E-state index in [0.29, 0.717) is 0 Å². The molecule has 346 valence electrons. The molecule has 2 aliphatic carbocycles. The van der Waals surface area contributed by atoms with Crippen molar-refractivity contribution in [3.63, 3.8) is 0 Å². The summed E-state index contributed by atoms with van der Waals surface area (Å²) in [6.45, 7) is 9.83. The van der Waals surface area contributed by atoms with Crippen molar-refractivity contribution in [3.8, 4) is 44.5 Å². The van der Waals surface area contributed by atoms with Gasteiger partial charge in [0.1, 0.15) is 0 Å². The second kappa shape index (κ2) is 17.0. The number of benzene rings is 11. The smallest absolute Gasteiger partial charge is 0.0714 e. The van der Waals surface area contributed by atoms with E-state index < -0.39 is 5.41 Å². The molecular weight excluding hydrogens is 867 g/mol. The van der Waals surface area contributed by atoms with Crippen molar-refractivity contribution in [3.05, 3.63) is 282 Å². The van der Waals surface area contributed by atoms with Crippen LogP contribution in [0.5, 0.6) is 0 Å². The molecule has 72 heavy (non-hydrogen) atoms. The quantitative estimate of drug-likeness (QED) is 0.147. The van der Waals surface area contributed by atoms with E-state index in [1.54, 1.807) is 0 Å². The van der Waals surface area contributed by atoms with Gasteiger partial charge in [-0.25, -0.2) is 0 Å². The van der Waals surface area contributed by atoms with Crippen LogP contribution in [0.25, 0.3) is 66.1 Å². The fourth-order valence-electron chi connectivity index (χ4n) is 12.6. The third-order valence-electron chi connectivity index (χ3n) is 16.4. The van der Waals surface area contributed by atoms with Gasteiger partial charge in [-0.2, -0.15) is 0 Å². The van der Waals surface area contributed by atoms with Crippen molar-refractivity contribution < 1.29 is 0 Å². The molecule has 0 spiro atoms. The van der Waals surface area contributed by atoms with Crippen LogP contribution in [0.4, 0.5) is 17.1 Å². The molecule has 1 heteroatoms. The number of nitrogens with zero attached hydrogens (tertiary/aromatic N) is 1. The molecule has 0 radical (unpaired) electrons. The Kier molecular flexibility index (Phi) is 10.3. The lowest BCUT2D eigenvalue weighted by molar-refractivity contribution is 0.333. The molecule has 0 aromatic heterocycles. The van der Waals surface area contributed by atoms with Crippen LogP contribution in [0, 0.1) is 0 Å². The molecule has 11 aromatic rings. The number of rotatable bonds is 8. The van der Waals surface area contributed by atoms with E-state index in [-0.39, 0.29) is 10.8 Å². The van der Waals surface area contributed by atoms with Gasteiger partial charge in [-0.15, -0.1) is 0 Å². The average molecular weight is 924 g/mol. The topological polar surface area (TPSA) is 3.24 Å². The van der Waals surface area contributed by atoms with Crippen molar-refractivity contribution in [2.24, 2.45) is 0 Å². The first-order valence-electron chi connectivity index (χ1n) is 25.7. The Bertz CT molecular complexity index is 3680. The summed E-state index contributed by atoms with van der Waals surface area (Å²) in [4.78, 5) is 2.55. The van der Waals surface area contributed by atoms with Crippen molar-refractivity contribution in [1.29, 1.82) is 0 Å². The minimum absolute atomic E-state index is 0.0387. The molecule has 0 bridgehead atoms. The van der Waals surface area contributed by atoms with Crippen LogP contribution in [0.2, 0.25) is 0 Å². The van der Waals surface area contributed by atoms with Gasteiger partial charge in [0.15, 0.2) is 0 Å². The van der Waals surface area contributed by atoms with E-state index in [2.05, 4.69) is 281 Å². The summed E-state index contributed by atoms with van der Waals surface area (Å²) in [6, 6.07) is 93.4. The maximum atomic E-state index is 2.58. The van der Waals surface area contributed by atoms with Crippen LogP contribution in [0.1, 0.15) is 73.9 Å². The number of anilines is 3. The molecule has 0 fully saturated rings. The SMILES string of the molecule is CC1(C)CCC(C)(C)c2c(-c3cc4c(cc3N(c3ccc(-c5ccc6ccccc6c5)cc3)c3ccc(-c5ccc6ccccc6c5)cc3)C(c3ccccc3)(c3ccccc3)c3ccccc3-4)cccc21. The lowest BCUT2D eigenvalue weighted by atomic mass is 9.61. The van der Waals surface area contributed by atoms with Gasteiger partial charge in [-0.05, 0) is 166 Å². The molecule has 11 aromatic carbocycles. The van der Waals surface area contributed by atoms with Gasteiger partial charge < -0.3 is 4.90 Å². The zero-order valence-corrected chi connectivity index (χ0v) is 41.5. The molecule has 0 aliphatic heterocycles. The third-order valence-corrected chi connectivity index (χ3v) is 16.4. The molecule has 13 rings (SSSR count). The van der Waals surface area contributed by atoms with E-state index in [1.165, 1.54) is 99.4 Å². The van der Waals surface area contributed by atoms with Crippen molar-refractivity contribution in [2.45, 2.75) is 56.8 Å². The van der Waals surface area contributed by atoms with E-state index in [1.807, 2.05) is 0 Å². The zero-order valence-electron chi connectivity index (χ0n) is 41.5. The standard InChI is InChI=1S/C71H57N/c1-69(2)42-43-70(3,4)68-61(27-17-29-65(68)69)63-46-62-60-26-15-16-28-64(60)71(56-22-7-5-8-23-56,57-24-9-6-10-25-57)66(62)47-67(63)72(58-38-34-50(35-39-58)54-32-30-48-18-11-13-20-52(48)44-54)59-40-36-51(37-41-59)55-33-31-49-19-12-14-21-53(49)45-55/h5-41,44-47H,42-43H2,1-4H3. The van der Waals surface area contributed by atoms with Crippen LogP contribution in [-0.2, 0) is 16.2 Å². The monoisotopic (exact) mass is 923 g/mol. The molecule has 0 saturated carbocycles. The summed E-state index contributed by atoms with van der Waals surface area (Å²) in [5.41, 5.74) is 20.7. The van der Waals surface area contributed by atoms with Crippen LogP contribution in [-0.4, -0.2) is 0 Å². The first-order chi connectivity index (χ1) is 35.2. The van der Waals surface area contributed by atoms with Gasteiger partial charge in [0, 0.05) is 16.9 Å². The summed E-state index contributed by atoms with van der Waals surface area (Å²) < 4.78 is 0. The van der Waals surface area contributed by atoms with E-state index >= 15 is 0 Å². The van der Waals surface area contributed by atoms with E-state index in [4.69, 9.17) is 0 Å². The Hall–Kier alpha value is -8.26. The minimum Gasteiger partial charge on any atom is -0.310 e. The van der Waals surface area contributed by atoms with Gasteiger partial charge in [0.2, 0.25) is 0 Å². The highest BCUT2D eigenvalue weighted by molar-refractivity contribution is 5.98. The second-order valence-corrected chi connectivity index (χ2v) is 21.5. The molecule has 0 N–H and O–H groups in total. The highest BCUT2D eigenvalue weighted by Crippen LogP contribution is 2.60. The third kappa shape index (κ3) is 7.05. The number of fused-ring (bicyclic) bond motifs is 6. The van der Waals surface area contributed by atoms with E-state index in [9.17, 15) is 0 Å². The lowest BCUT2D eigenvalue weighted by Crippen LogP contribution is -2.34. The number of hydrogen-bond donors (Lipinski definition) is 0. The van der Waals surface area contributed by atoms with Gasteiger partial charge >= 0.3 is 0 Å². The van der Waals surface area contributed by atoms with Gasteiger partial charge in [0.05, 0.1) is 11.1 Å². The van der Waals surface area contributed by atoms with Gasteiger partial charge in [-0.1, -0.05) is 228 Å². The summed E-state index contributed by atoms with van der Waals surface area (Å²) >= 11 is 0. The first kappa shape index (κ1) is 43.7. The Balaban J connectivity index is 1.10. The molecule has 1 nitrogen and oxygen atoms in total. The fraction of sp³-hybridized carbons (Fsp3) is 0.127. The maximum absolute atomic E-state index is 2.58. The summed E-state index contributed by atoms with van der Waals surface area (Å²) in [6.07, 6.45) is 2.27. The Labute approximate surface area is 424 Å². The second-order valence-electron chi connectivity index (χ2n) is 21.5. The Morgan fingerprint density at radius 1 is 0.306 bits per heavy atom. The molecule has 0 heterocycles. The fourth-order valence-corrected chi connectivity index (χ4v) is 12.6. The van der Waals surface area contributed by atoms with E-state index in [0.717, 1.165) is 29.9 Å². The molecule has 2 aliphatic rings. The van der Waals surface area contributed by atoms with Crippen LogP contribution in [0.3, 0.4) is 0 Å².